The highest BCUT2D eigenvalue weighted by atomic mass is 19.4. The molecule has 2 aromatic carbocycles. The maximum atomic E-state index is 13.8. The van der Waals surface area contributed by atoms with Crippen LogP contribution in [0.25, 0.3) is 0 Å². The predicted octanol–water partition coefficient (Wildman–Crippen LogP) is 5.07. The van der Waals surface area contributed by atoms with Crippen LogP contribution in [-0.2, 0) is 6.18 Å². The van der Waals surface area contributed by atoms with Crippen LogP contribution >= 0.6 is 0 Å². The van der Waals surface area contributed by atoms with E-state index in [-0.39, 0.29) is 17.2 Å². The molecule has 2 aliphatic heterocycles. The third-order valence-corrected chi connectivity index (χ3v) is 5.28. The molecule has 6 bridgehead atoms. The van der Waals surface area contributed by atoms with Gasteiger partial charge in [-0.05, 0) is 30.7 Å². The van der Waals surface area contributed by atoms with Gasteiger partial charge in [-0.15, -0.1) is 0 Å². The summed E-state index contributed by atoms with van der Waals surface area (Å²) in [5.41, 5.74) is -0.450. The van der Waals surface area contributed by atoms with E-state index in [1.54, 1.807) is 24.3 Å². The van der Waals surface area contributed by atoms with Crippen molar-refractivity contribution in [1.29, 1.82) is 0 Å². The monoisotopic (exact) mass is 515 g/mol. The van der Waals surface area contributed by atoms with Gasteiger partial charge < -0.3 is 30.2 Å². The summed E-state index contributed by atoms with van der Waals surface area (Å²) in [5, 5.41) is 8.02. The molecule has 1 aromatic heterocycles. The van der Waals surface area contributed by atoms with Crippen molar-refractivity contribution in [3.63, 3.8) is 0 Å². The minimum Gasteiger partial charge on any atom is -0.493 e. The Balaban J connectivity index is 1.81. The molecule has 0 atom stereocenters. The van der Waals surface area contributed by atoms with Gasteiger partial charge in [0.25, 0.3) is 5.91 Å². The van der Waals surface area contributed by atoms with Gasteiger partial charge in [-0.25, -0.2) is 4.98 Å². The van der Waals surface area contributed by atoms with Crippen LogP contribution < -0.4 is 30.2 Å². The van der Waals surface area contributed by atoms with Crippen molar-refractivity contribution in [2.24, 2.45) is 0 Å². The Morgan fingerprint density at radius 1 is 1.11 bits per heavy atom. The first kappa shape index (κ1) is 25.6. The summed E-state index contributed by atoms with van der Waals surface area (Å²) in [5.74, 6) is 0.113. The van der Waals surface area contributed by atoms with E-state index < -0.39 is 23.5 Å². The molecule has 0 saturated heterocycles. The lowest BCUT2D eigenvalue weighted by atomic mass is 10.1. The number of rotatable bonds is 2. The third kappa shape index (κ3) is 6.21. The van der Waals surface area contributed by atoms with Crippen molar-refractivity contribution in [1.82, 2.24) is 15.3 Å². The molecule has 0 aliphatic carbocycles. The second kappa shape index (κ2) is 11.1. The molecule has 3 heterocycles. The summed E-state index contributed by atoms with van der Waals surface area (Å²) >= 11 is 0. The van der Waals surface area contributed by atoms with Crippen LogP contribution in [0.4, 0.5) is 36.3 Å². The smallest absolute Gasteiger partial charge is 0.421 e. The normalized spacial score (nSPS) is 14.4. The number of alkyl halides is 3. The molecule has 1 amide bonds. The van der Waals surface area contributed by atoms with E-state index >= 15 is 0 Å². The fourth-order valence-electron chi connectivity index (χ4n) is 3.48. The second-order valence-electron chi connectivity index (χ2n) is 7.78. The van der Waals surface area contributed by atoms with E-state index in [2.05, 4.69) is 25.9 Å². The van der Waals surface area contributed by atoms with Gasteiger partial charge >= 0.3 is 6.18 Å². The summed E-state index contributed by atoms with van der Waals surface area (Å²) in [6.45, 7) is 0.589. The van der Waals surface area contributed by atoms with Crippen molar-refractivity contribution >= 4 is 29.0 Å². The molecule has 9 nitrogen and oxygen atoms in total. The van der Waals surface area contributed by atoms with Crippen LogP contribution in [0.2, 0.25) is 0 Å². The fraction of sp³-hybridized carbons (Fsp3) is 0.240. The number of hydrogen-bond acceptors (Lipinski definition) is 8. The van der Waals surface area contributed by atoms with Crippen LogP contribution in [0, 0.1) is 0 Å². The minimum atomic E-state index is -4.76. The first-order valence-electron chi connectivity index (χ1n) is 11.2. The van der Waals surface area contributed by atoms with Gasteiger partial charge in [0.2, 0.25) is 5.95 Å². The topological polar surface area (TPSA) is 107 Å². The number of aromatic nitrogens is 2. The molecule has 37 heavy (non-hydrogen) atoms. The lowest BCUT2D eigenvalue weighted by Gasteiger charge is -2.17. The number of ether oxygens (including phenoxy) is 3. The molecule has 0 fully saturated rings. The summed E-state index contributed by atoms with van der Waals surface area (Å²) in [6.07, 6.45) is 0.177. The molecule has 3 N–H and O–H groups in total. The lowest BCUT2D eigenvalue weighted by molar-refractivity contribution is -0.137. The molecule has 0 spiro atoms. The van der Waals surface area contributed by atoms with Gasteiger partial charge in [0.05, 0.1) is 25.0 Å². The maximum absolute atomic E-state index is 13.8. The van der Waals surface area contributed by atoms with Gasteiger partial charge in [0.15, 0.2) is 11.5 Å². The standard InChI is InChI=1S/C25H24F3N5O4/c1-29-23(34)17-8-7-16-13-19(17)32-22-18(25(26,27)28)14-30-24(33-22)31-15-6-9-20(21(12-15)35-2)37-11-5-3-4-10-36-16/h3,5-9,12-14H,4,10-11H2,1-2H3,(H,29,34)(H2,30,31,32,33)/b5-3-. The minimum absolute atomic E-state index is 0.0832. The van der Waals surface area contributed by atoms with Crippen molar-refractivity contribution < 1.29 is 32.2 Å². The number of nitrogens with zero attached hydrogens (tertiary/aromatic N) is 2. The quantitative estimate of drug-likeness (QED) is 0.407. The summed E-state index contributed by atoms with van der Waals surface area (Å²) in [7, 11) is 2.90. The molecule has 0 saturated carbocycles. The number of carbonyl (C=O) groups excluding carboxylic acids is 1. The SMILES string of the molecule is CNC(=O)c1ccc2cc1Nc1nc(ncc1C(F)(F)F)Nc1ccc(c(OC)c1)OC/C=C\CCO2. The van der Waals surface area contributed by atoms with Crippen LogP contribution in [0.1, 0.15) is 22.3 Å². The second-order valence-corrected chi connectivity index (χ2v) is 7.78. The average molecular weight is 515 g/mol. The highest BCUT2D eigenvalue weighted by Gasteiger charge is 2.35. The Bertz CT molecular complexity index is 1310. The number of amides is 1. The maximum Gasteiger partial charge on any atom is 0.421 e. The first-order valence-corrected chi connectivity index (χ1v) is 11.2. The zero-order chi connectivity index (χ0) is 26.4. The highest BCUT2D eigenvalue weighted by molar-refractivity contribution is 6.00. The highest BCUT2D eigenvalue weighted by Crippen LogP contribution is 2.37. The van der Waals surface area contributed by atoms with E-state index in [1.165, 1.54) is 26.3 Å². The molecule has 194 valence electrons. The Hall–Kier alpha value is -4.48. The largest absolute Gasteiger partial charge is 0.493 e. The van der Waals surface area contributed by atoms with Gasteiger partial charge in [-0.2, -0.15) is 18.2 Å². The van der Waals surface area contributed by atoms with E-state index in [0.29, 0.717) is 48.8 Å². The Kier molecular flexibility index (Phi) is 7.66. The zero-order valence-corrected chi connectivity index (χ0v) is 20.0. The fourth-order valence-corrected chi connectivity index (χ4v) is 3.48. The lowest BCUT2D eigenvalue weighted by Crippen LogP contribution is -2.20. The Morgan fingerprint density at radius 3 is 2.70 bits per heavy atom. The molecule has 3 aromatic rings. The van der Waals surface area contributed by atoms with E-state index in [1.807, 2.05) is 12.2 Å². The molecule has 0 unspecified atom stereocenters. The molecular formula is C25H24F3N5O4. The van der Waals surface area contributed by atoms with Gasteiger partial charge in [-0.1, -0.05) is 12.2 Å². The van der Waals surface area contributed by atoms with E-state index in [9.17, 15) is 18.0 Å². The Morgan fingerprint density at radius 2 is 1.95 bits per heavy atom. The van der Waals surface area contributed by atoms with Crippen LogP contribution in [-0.4, -0.2) is 43.2 Å². The van der Waals surface area contributed by atoms with Crippen molar-refractivity contribution in [2.75, 3.05) is 38.0 Å². The number of methoxy groups -OCH3 is 1. The van der Waals surface area contributed by atoms with Crippen molar-refractivity contribution in [3.8, 4) is 17.2 Å². The van der Waals surface area contributed by atoms with Crippen molar-refractivity contribution in [2.45, 2.75) is 12.6 Å². The number of anilines is 4. The number of carbonyl (C=O) groups is 1. The predicted molar refractivity (Wildman–Crippen MR) is 131 cm³/mol. The van der Waals surface area contributed by atoms with Gasteiger partial charge in [0, 0.05) is 31.1 Å². The first-order chi connectivity index (χ1) is 17.8. The number of hydrogen-bond donors (Lipinski definition) is 3. The molecular weight excluding hydrogens is 491 g/mol. The van der Waals surface area contributed by atoms with Gasteiger partial charge in [-0.3, -0.25) is 4.79 Å². The van der Waals surface area contributed by atoms with Crippen molar-refractivity contribution in [3.05, 3.63) is 65.9 Å². The van der Waals surface area contributed by atoms with Crippen LogP contribution in [0.3, 0.4) is 0 Å². The number of nitrogens with one attached hydrogen (secondary N) is 3. The van der Waals surface area contributed by atoms with E-state index in [0.717, 1.165) is 0 Å². The average Bonchev–Trinajstić information content (AvgIpc) is 2.87. The van der Waals surface area contributed by atoms with Gasteiger partial charge in [0.1, 0.15) is 23.7 Å². The zero-order valence-electron chi connectivity index (χ0n) is 20.0. The Labute approximate surface area is 210 Å². The number of benzene rings is 2. The summed E-state index contributed by atoms with van der Waals surface area (Å²) < 4.78 is 58.3. The van der Waals surface area contributed by atoms with E-state index in [4.69, 9.17) is 14.2 Å². The number of fused-ring (bicyclic) bond motifs is 7. The molecule has 0 radical (unpaired) electrons. The van der Waals surface area contributed by atoms with Crippen LogP contribution in [0.5, 0.6) is 17.2 Å². The summed E-state index contributed by atoms with van der Waals surface area (Å²) in [4.78, 5) is 20.3. The number of halogens is 3. The summed E-state index contributed by atoms with van der Waals surface area (Å²) in [6, 6.07) is 9.41. The molecule has 2 aliphatic rings. The third-order valence-electron chi connectivity index (χ3n) is 5.28. The van der Waals surface area contributed by atoms with Crippen LogP contribution in [0.15, 0.2) is 54.7 Å². The molecule has 12 heteroatoms. The molecule has 5 rings (SSSR count).